The summed E-state index contributed by atoms with van der Waals surface area (Å²) in [6, 6.07) is 6.09. The van der Waals surface area contributed by atoms with E-state index in [4.69, 9.17) is 4.74 Å². The molecule has 1 saturated heterocycles. The largest absolute Gasteiger partial charge is 0.381 e. The number of nitrogens with zero attached hydrogens (tertiary/aromatic N) is 1. The fourth-order valence-corrected chi connectivity index (χ4v) is 2.37. The molecule has 1 atom stereocenters. The van der Waals surface area contributed by atoms with Crippen molar-refractivity contribution < 1.29 is 9.53 Å². The highest BCUT2D eigenvalue weighted by molar-refractivity contribution is 5.83. The number of ether oxygens (including phenoxy) is 1. The third kappa shape index (κ3) is 2.46. The minimum absolute atomic E-state index is 0.00378. The smallest absolute Gasteiger partial charge is 0.225 e. The zero-order chi connectivity index (χ0) is 13.2. The molecule has 0 radical (unpaired) electrons. The number of hydrogen-bond donors (Lipinski definition) is 2. The van der Waals surface area contributed by atoms with E-state index in [1.165, 1.54) is 5.56 Å². The van der Waals surface area contributed by atoms with Gasteiger partial charge in [0.05, 0.1) is 30.3 Å². The van der Waals surface area contributed by atoms with Crippen molar-refractivity contribution in [2.45, 2.75) is 19.9 Å². The molecule has 5 nitrogen and oxygen atoms in total. The van der Waals surface area contributed by atoms with E-state index in [1.54, 1.807) is 0 Å². The Morgan fingerprint density at radius 1 is 1.58 bits per heavy atom. The van der Waals surface area contributed by atoms with Crippen molar-refractivity contribution in [3.8, 4) is 0 Å². The van der Waals surface area contributed by atoms with Gasteiger partial charge in [0.2, 0.25) is 5.91 Å². The van der Waals surface area contributed by atoms with Gasteiger partial charge in [0, 0.05) is 12.0 Å². The molecule has 1 fully saturated rings. The third-order valence-corrected chi connectivity index (χ3v) is 3.53. The molecule has 100 valence electrons. The molecule has 3 rings (SSSR count). The molecule has 1 aromatic carbocycles. The number of hydrogen-bond acceptors (Lipinski definition) is 3. The highest BCUT2D eigenvalue weighted by Crippen LogP contribution is 2.18. The van der Waals surface area contributed by atoms with E-state index < -0.39 is 0 Å². The van der Waals surface area contributed by atoms with Crippen molar-refractivity contribution >= 4 is 16.8 Å². The Kier molecular flexibility index (Phi) is 3.21. The average molecular weight is 259 g/mol. The van der Waals surface area contributed by atoms with Crippen LogP contribution in [0.1, 0.15) is 17.7 Å². The monoisotopic (exact) mass is 259 g/mol. The molecule has 0 unspecified atom stereocenters. The number of benzene rings is 1. The Balaban J connectivity index is 1.71. The van der Waals surface area contributed by atoms with E-state index in [1.807, 2.05) is 19.1 Å². The van der Waals surface area contributed by atoms with Crippen molar-refractivity contribution in [1.29, 1.82) is 0 Å². The maximum absolute atomic E-state index is 11.9. The zero-order valence-corrected chi connectivity index (χ0v) is 10.9. The van der Waals surface area contributed by atoms with Crippen molar-refractivity contribution in [3.63, 3.8) is 0 Å². The summed E-state index contributed by atoms with van der Waals surface area (Å²) in [6.45, 7) is 3.75. The van der Waals surface area contributed by atoms with Crippen LogP contribution in [0.5, 0.6) is 0 Å². The van der Waals surface area contributed by atoms with Crippen molar-refractivity contribution in [2.75, 3.05) is 13.2 Å². The minimum atomic E-state index is -0.00378. The van der Waals surface area contributed by atoms with Crippen molar-refractivity contribution in [3.05, 3.63) is 29.5 Å². The van der Waals surface area contributed by atoms with Crippen LogP contribution in [0, 0.1) is 12.8 Å². The van der Waals surface area contributed by atoms with E-state index in [-0.39, 0.29) is 11.8 Å². The van der Waals surface area contributed by atoms with Crippen molar-refractivity contribution in [1.82, 2.24) is 15.5 Å². The molecular formula is C14H17N3O2. The number of aryl methyl sites for hydroxylation is 1. The Hall–Kier alpha value is -1.88. The molecule has 1 aliphatic heterocycles. The summed E-state index contributed by atoms with van der Waals surface area (Å²) in [6.07, 6.45) is 0.814. The average Bonchev–Trinajstić information content (AvgIpc) is 3.05. The lowest BCUT2D eigenvalue weighted by molar-refractivity contribution is -0.125. The maximum atomic E-state index is 11.9. The SMILES string of the molecule is Cc1ccc2n[nH]c(CNC(=O)[C@H]3CCOC3)c2c1. The summed E-state index contributed by atoms with van der Waals surface area (Å²) in [4.78, 5) is 11.9. The highest BCUT2D eigenvalue weighted by Gasteiger charge is 2.23. The Labute approximate surface area is 111 Å². The van der Waals surface area contributed by atoms with Gasteiger partial charge in [0.15, 0.2) is 0 Å². The molecule has 2 aromatic rings. The van der Waals surface area contributed by atoms with Crippen LogP contribution in [0.3, 0.4) is 0 Å². The first-order valence-corrected chi connectivity index (χ1v) is 6.53. The van der Waals surface area contributed by atoms with Gasteiger partial charge in [0.1, 0.15) is 0 Å². The van der Waals surface area contributed by atoms with Gasteiger partial charge in [0.25, 0.3) is 0 Å². The first-order valence-electron chi connectivity index (χ1n) is 6.53. The second kappa shape index (κ2) is 5.01. The van der Waals surface area contributed by atoms with E-state index in [2.05, 4.69) is 21.6 Å². The van der Waals surface area contributed by atoms with Crippen LogP contribution in [0.4, 0.5) is 0 Å². The number of amides is 1. The molecule has 1 aromatic heterocycles. The van der Waals surface area contributed by atoms with Gasteiger partial charge in [-0.3, -0.25) is 9.89 Å². The Morgan fingerprint density at radius 3 is 3.26 bits per heavy atom. The van der Waals surface area contributed by atoms with Gasteiger partial charge in [-0.15, -0.1) is 0 Å². The summed E-state index contributed by atoms with van der Waals surface area (Å²) >= 11 is 0. The number of fused-ring (bicyclic) bond motifs is 1. The van der Waals surface area contributed by atoms with Crippen LogP contribution in [0.25, 0.3) is 10.9 Å². The molecule has 2 N–H and O–H groups in total. The van der Waals surface area contributed by atoms with Gasteiger partial charge in [-0.1, -0.05) is 11.6 Å². The maximum Gasteiger partial charge on any atom is 0.225 e. The summed E-state index contributed by atoms with van der Waals surface area (Å²) in [5.74, 6) is 0.0591. The van der Waals surface area contributed by atoms with Crippen LogP contribution in [0.15, 0.2) is 18.2 Å². The number of nitrogens with one attached hydrogen (secondary N) is 2. The number of rotatable bonds is 3. The lowest BCUT2D eigenvalue weighted by Crippen LogP contribution is -2.30. The van der Waals surface area contributed by atoms with Crippen LogP contribution in [0.2, 0.25) is 0 Å². The van der Waals surface area contributed by atoms with Crippen LogP contribution in [-0.2, 0) is 16.1 Å². The first kappa shape index (κ1) is 12.2. The molecule has 0 spiro atoms. The van der Waals surface area contributed by atoms with E-state index >= 15 is 0 Å². The second-order valence-corrected chi connectivity index (χ2v) is 5.00. The molecule has 0 aliphatic carbocycles. The van der Waals surface area contributed by atoms with Crippen LogP contribution in [-0.4, -0.2) is 29.3 Å². The topological polar surface area (TPSA) is 67.0 Å². The third-order valence-electron chi connectivity index (χ3n) is 3.53. The number of carbonyl (C=O) groups excluding carboxylic acids is 1. The predicted octanol–water partition coefficient (Wildman–Crippen LogP) is 1.52. The first-order chi connectivity index (χ1) is 9.24. The molecule has 5 heteroatoms. The fraction of sp³-hybridized carbons (Fsp3) is 0.429. The fourth-order valence-electron chi connectivity index (χ4n) is 2.37. The lowest BCUT2D eigenvalue weighted by Gasteiger charge is -2.08. The molecule has 0 saturated carbocycles. The normalized spacial score (nSPS) is 18.9. The number of aromatic amines is 1. The van der Waals surface area contributed by atoms with E-state index in [0.29, 0.717) is 19.8 Å². The Morgan fingerprint density at radius 2 is 2.47 bits per heavy atom. The van der Waals surface area contributed by atoms with Gasteiger partial charge >= 0.3 is 0 Å². The van der Waals surface area contributed by atoms with Gasteiger partial charge in [-0.25, -0.2) is 0 Å². The molecular weight excluding hydrogens is 242 g/mol. The van der Waals surface area contributed by atoms with Gasteiger partial charge in [-0.05, 0) is 25.5 Å². The second-order valence-electron chi connectivity index (χ2n) is 5.00. The lowest BCUT2D eigenvalue weighted by atomic mass is 10.1. The summed E-state index contributed by atoms with van der Waals surface area (Å²) in [7, 11) is 0. The molecule has 1 amide bonds. The quantitative estimate of drug-likeness (QED) is 0.878. The number of H-pyrrole nitrogens is 1. The van der Waals surface area contributed by atoms with Crippen molar-refractivity contribution in [2.24, 2.45) is 5.92 Å². The number of aromatic nitrogens is 2. The predicted molar refractivity (Wildman–Crippen MR) is 71.6 cm³/mol. The molecule has 0 bridgehead atoms. The van der Waals surface area contributed by atoms with E-state index in [0.717, 1.165) is 23.0 Å². The van der Waals surface area contributed by atoms with Crippen LogP contribution < -0.4 is 5.32 Å². The van der Waals surface area contributed by atoms with E-state index in [9.17, 15) is 4.79 Å². The minimum Gasteiger partial charge on any atom is -0.381 e. The molecule has 1 aliphatic rings. The highest BCUT2D eigenvalue weighted by atomic mass is 16.5. The van der Waals surface area contributed by atoms with Gasteiger partial charge < -0.3 is 10.1 Å². The summed E-state index contributed by atoms with van der Waals surface area (Å²) in [5.41, 5.74) is 3.07. The number of carbonyl (C=O) groups is 1. The van der Waals surface area contributed by atoms with Crippen LogP contribution >= 0.6 is 0 Å². The Bertz CT molecular complexity index is 600. The molecule has 2 heterocycles. The standard InChI is InChI=1S/C14H17N3O2/c1-9-2-3-12-11(6-9)13(17-16-12)7-15-14(18)10-4-5-19-8-10/h2-3,6,10H,4-5,7-8H2,1H3,(H,15,18)(H,16,17)/t10-/m0/s1. The van der Waals surface area contributed by atoms with Gasteiger partial charge in [-0.2, -0.15) is 5.10 Å². The summed E-state index contributed by atoms with van der Waals surface area (Å²) in [5, 5.41) is 11.2. The molecule has 19 heavy (non-hydrogen) atoms. The summed E-state index contributed by atoms with van der Waals surface area (Å²) < 4.78 is 5.22. The zero-order valence-electron chi connectivity index (χ0n) is 10.9.